The zero-order valence-corrected chi connectivity index (χ0v) is 19.1. The van der Waals surface area contributed by atoms with Gasteiger partial charge in [0.25, 0.3) is 5.91 Å². The molecular formula is C24H25N5O5. The van der Waals surface area contributed by atoms with Crippen LogP contribution in [-0.2, 0) is 4.79 Å². The largest absolute Gasteiger partial charge is 0.497 e. The summed E-state index contributed by atoms with van der Waals surface area (Å²) in [7, 11) is 3.17. The summed E-state index contributed by atoms with van der Waals surface area (Å²) in [5.41, 5.74) is 2.20. The van der Waals surface area contributed by atoms with Crippen LogP contribution in [0.5, 0.6) is 23.1 Å². The quantitative estimate of drug-likeness (QED) is 0.358. The SMILES string of the molecule is COc1ccc(OC)c(-c2nnc3ccc(OCCNC(=O)COc4ccccc4C)nn23)c1. The highest BCUT2D eigenvalue weighted by Crippen LogP contribution is 2.32. The molecule has 0 atom stereocenters. The molecule has 2 heterocycles. The average molecular weight is 463 g/mol. The monoisotopic (exact) mass is 463 g/mol. The van der Waals surface area contributed by atoms with Crippen molar-refractivity contribution in [1.82, 2.24) is 25.1 Å². The van der Waals surface area contributed by atoms with Crippen molar-refractivity contribution in [3.63, 3.8) is 0 Å². The number of carbonyl (C=O) groups is 1. The number of rotatable bonds is 10. The lowest BCUT2D eigenvalue weighted by Gasteiger charge is -2.10. The number of hydrogen-bond acceptors (Lipinski definition) is 8. The minimum absolute atomic E-state index is 0.0680. The molecule has 0 radical (unpaired) electrons. The highest BCUT2D eigenvalue weighted by molar-refractivity contribution is 5.77. The third kappa shape index (κ3) is 5.17. The van der Waals surface area contributed by atoms with Gasteiger partial charge in [-0.1, -0.05) is 18.2 Å². The van der Waals surface area contributed by atoms with Crippen LogP contribution in [0.25, 0.3) is 17.0 Å². The van der Waals surface area contributed by atoms with Gasteiger partial charge in [0.2, 0.25) is 5.88 Å². The Morgan fingerprint density at radius 3 is 2.62 bits per heavy atom. The molecule has 10 heteroatoms. The van der Waals surface area contributed by atoms with Crippen molar-refractivity contribution in [2.75, 3.05) is 34.0 Å². The lowest BCUT2D eigenvalue weighted by molar-refractivity contribution is -0.123. The summed E-state index contributed by atoms with van der Waals surface area (Å²) >= 11 is 0. The molecule has 0 saturated heterocycles. The molecule has 0 saturated carbocycles. The van der Waals surface area contributed by atoms with Crippen LogP contribution < -0.4 is 24.3 Å². The zero-order valence-electron chi connectivity index (χ0n) is 19.1. The second-order valence-electron chi connectivity index (χ2n) is 7.28. The van der Waals surface area contributed by atoms with Crippen LogP contribution in [0.15, 0.2) is 54.6 Å². The number of fused-ring (bicyclic) bond motifs is 1. The van der Waals surface area contributed by atoms with Crippen LogP contribution in [0, 0.1) is 6.92 Å². The third-order valence-electron chi connectivity index (χ3n) is 5.01. The fourth-order valence-electron chi connectivity index (χ4n) is 3.26. The van der Waals surface area contributed by atoms with E-state index in [0.29, 0.717) is 46.7 Å². The maximum atomic E-state index is 12.0. The van der Waals surface area contributed by atoms with Crippen LogP contribution in [0.1, 0.15) is 5.56 Å². The van der Waals surface area contributed by atoms with Crippen molar-refractivity contribution in [2.24, 2.45) is 0 Å². The van der Waals surface area contributed by atoms with Crippen LogP contribution in [0.3, 0.4) is 0 Å². The van der Waals surface area contributed by atoms with Crippen molar-refractivity contribution < 1.29 is 23.7 Å². The Kier molecular flexibility index (Phi) is 7.07. The van der Waals surface area contributed by atoms with E-state index < -0.39 is 0 Å². The predicted octanol–water partition coefficient (Wildman–Crippen LogP) is 2.69. The Morgan fingerprint density at radius 2 is 1.82 bits per heavy atom. The number of para-hydroxylation sites is 1. The number of amides is 1. The van der Waals surface area contributed by atoms with E-state index in [-0.39, 0.29) is 19.1 Å². The Balaban J connectivity index is 1.37. The lowest BCUT2D eigenvalue weighted by atomic mass is 10.2. The minimum atomic E-state index is -0.235. The molecular weight excluding hydrogens is 438 g/mol. The van der Waals surface area contributed by atoms with Crippen molar-refractivity contribution in [1.29, 1.82) is 0 Å². The van der Waals surface area contributed by atoms with Crippen LogP contribution >= 0.6 is 0 Å². The second kappa shape index (κ2) is 10.5. The molecule has 1 amide bonds. The highest BCUT2D eigenvalue weighted by atomic mass is 16.5. The first kappa shape index (κ1) is 22.8. The minimum Gasteiger partial charge on any atom is -0.497 e. The number of nitrogens with zero attached hydrogens (tertiary/aromatic N) is 4. The molecule has 0 aliphatic rings. The standard InChI is InChI=1S/C24H25N5O5/c1-16-6-4-5-7-19(16)34-15-22(30)25-12-13-33-23-11-10-21-26-27-24(29(21)28-23)18-14-17(31-2)8-9-20(18)32-3/h4-11,14H,12-13,15H2,1-3H3,(H,25,30). The maximum absolute atomic E-state index is 12.0. The van der Waals surface area contributed by atoms with Gasteiger partial charge in [0.15, 0.2) is 18.1 Å². The van der Waals surface area contributed by atoms with Crippen molar-refractivity contribution in [3.8, 4) is 34.5 Å². The molecule has 0 aliphatic carbocycles. The van der Waals surface area contributed by atoms with E-state index in [1.54, 1.807) is 49.1 Å². The van der Waals surface area contributed by atoms with Gasteiger partial charge in [-0.05, 0) is 42.8 Å². The van der Waals surface area contributed by atoms with Crippen LogP contribution in [0.4, 0.5) is 0 Å². The summed E-state index contributed by atoms with van der Waals surface area (Å²) in [6, 6.07) is 16.4. The number of carbonyl (C=O) groups excluding carboxylic acids is 1. The van der Waals surface area contributed by atoms with Crippen LogP contribution in [-0.4, -0.2) is 59.7 Å². The molecule has 1 N–H and O–H groups in total. The van der Waals surface area contributed by atoms with Gasteiger partial charge in [-0.15, -0.1) is 15.3 Å². The number of methoxy groups -OCH3 is 2. The first-order chi connectivity index (χ1) is 16.6. The van der Waals surface area contributed by atoms with Gasteiger partial charge in [-0.2, -0.15) is 4.52 Å². The number of aromatic nitrogens is 4. The molecule has 34 heavy (non-hydrogen) atoms. The average Bonchev–Trinajstić information content (AvgIpc) is 3.29. The molecule has 0 bridgehead atoms. The summed E-state index contributed by atoms with van der Waals surface area (Å²) in [5.74, 6) is 2.56. The van der Waals surface area contributed by atoms with Gasteiger partial charge in [0.1, 0.15) is 23.9 Å². The molecule has 0 aliphatic heterocycles. The fraction of sp³-hybridized carbons (Fsp3) is 0.250. The van der Waals surface area contributed by atoms with Gasteiger partial charge >= 0.3 is 0 Å². The summed E-state index contributed by atoms with van der Waals surface area (Å²) in [5, 5.41) is 15.7. The van der Waals surface area contributed by atoms with Crippen molar-refractivity contribution in [2.45, 2.75) is 6.92 Å². The van der Waals surface area contributed by atoms with Gasteiger partial charge in [0.05, 0.1) is 26.3 Å². The zero-order chi connectivity index (χ0) is 23.9. The molecule has 10 nitrogen and oxygen atoms in total. The summed E-state index contributed by atoms with van der Waals surface area (Å²) < 4.78 is 23.6. The van der Waals surface area contributed by atoms with Gasteiger partial charge in [0, 0.05) is 6.07 Å². The van der Waals surface area contributed by atoms with Gasteiger partial charge < -0.3 is 24.3 Å². The molecule has 4 rings (SSSR count). The van der Waals surface area contributed by atoms with Crippen molar-refractivity contribution >= 4 is 11.6 Å². The number of hydrogen-bond donors (Lipinski definition) is 1. The number of ether oxygens (including phenoxy) is 4. The van der Waals surface area contributed by atoms with E-state index in [1.807, 2.05) is 31.2 Å². The van der Waals surface area contributed by atoms with E-state index in [4.69, 9.17) is 18.9 Å². The Labute approximate surface area is 196 Å². The highest BCUT2D eigenvalue weighted by Gasteiger charge is 2.16. The number of aryl methyl sites for hydroxylation is 1. The molecule has 2 aromatic carbocycles. The molecule has 4 aromatic rings. The molecule has 2 aromatic heterocycles. The number of nitrogens with one attached hydrogen (secondary N) is 1. The Morgan fingerprint density at radius 1 is 0.971 bits per heavy atom. The molecule has 0 fully saturated rings. The van der Waals surface area contributed by atoms with Gasteiger partial charge in [-0.25, -0.2) is 0 Å². The normalized spacial score (nSPS) is 10.7. The topological polar surface area (TPSA) is 109 Å². The smallest absolute Gasteiger partial charge is 0.258 e. The van der Waals surface area contributed by atoms with E-state index in [1.165, 1.54) is 0 Å². The number of benzene rings is 2. The van der Waals surface area contributed by atoms with E-state index in [0.717, 1.165) is 5.56 Å². The second-order valence-corrected chi connectivity index (χ2v) is 7.28. The third-order valence-corrected chi connectivity index (χ3v) is 5.01. The first-order valence-corrected chi connectivity index (χ1v) is 10.6. The van der Waals surface area contributed by atoms with Crippen molar-refractivity contribution in [3.05, 3.63) is 60.2 Å². The van der Waals surface area contributed by atoms with Gasteiger partial charge in [-0.3, -0.25) is 4.79 Å². The molecule has 176 valence electrons. The maximum Gasteiger partial charge on any atom is 0.258 e. The predicted molar refractivity (Wildman–Crippen MR) is 125 cm³/mol. The molecule has 0 unspecified atom stereocenters. The van der Waals surface area contributed by atoms with E-state index in [9.17, 15) is 4.79 Å². The van der Waals surface area contributed by atoms with E-state index in [2.05, 4.69) is 20.6 Å². The lowest BCUT2D eigenvalue weighted by Crippen LogP contribution is -2.32. The summed E-state index contributed by atoms with van der Waals surface area (Å²) in [6.07, 6.45) is 0. The van der Waals surface area contributed by atoms with E-state index >= 15 is 0 Å². The molecule has 0 spiro atoms. The summed E-state index contributed by atoms with van der Waals surface area (Å²) in [6.45, 7) is 2.39. The Bertz CT molecular complexity index is 1290. The Hall–Kier alpha value is -4.34. The fourth-order valence-corrected chi connectivity index (χ4v) is 3.26. The first-order valence-electron chi connectivity index (χ1n) is 10.6. The van der Waals surface area contributed by atoms with Crippen LogP contribution in [0.2, 0.25) is 0 Å². The summed E-state index contributed by atoms with van der Waals surface area (Å²) in [4.78, 5) is 12.0.